The number of amides is 1. The van der Waals surface area contributed by atoms with Crippen molar-refractivity contribution in [3.63, 3.8) is 0 Å². The predicted molar refractivity (Wildman–Crippen MR) is 107 cm³/mol. The average molecular weight is 371 g/mol. The van der Waals surface area contributed by atoms with Gasteiger partial charge in [-0.25, -0.2) is 9.37 Å². The first-order valence-electron chi connectivity index (χ1n) is 9.64. The Morgan fingerprint density at radius 3 is 2.70 bits per heavy atom. The molecule has 2 aliphatic rings. The monoisotopic (exact) mass is 371 g/mol. The minimum absolute atomic E-state index is 0.234. The molecule has 1 atom stereocenters. The Morgan fingerprint density at radius 1 is 1.26 bits per heavy atom. The van der Waals surface area contributed by atoms with Crippen LogP contribution in [0.2, 0.25) is 0 Å². The average Bonchev–Trinajstić information content (AvgIpc) is 3.29. The van der Waals surface area contributed by atoms with Crippen molar-refractivity contribution >= 4 is 34.3 Å². The Hall–Kier alpha value is -2.57. The van der Waals surface area contributed by atoms with Gasteiger partial charge in [-0.3, -0.25) is 4.79 Å². The molecule has 1 amide bonds. The molecule has 27 heavy (non-hydrogen) atoms. The second-order valence-corrected chi connectivity index (χ2v) is 7.40. The summed E-state index contributed by atoms with van der Waals surface area (Å²) in [7, 11) is 1.97. The highest BCUT2D eigenvalue weighted by Gasteiger charge is 2.25. The van der Waals surface area contributed by atoms with Gasteiger partial charge in [-0.2, -0.15) is 0 Å². The van der Waals surface area contributed by atoms with Crippen LogP contribution < -0.4 is 15.1 Å². The fraction of sp³-hybridized carbons (Fsp3) is 0.500. The molecule has 0 saturated carbocycles. The van der Waals surface area contributed by atoms with Gasteiger partial charge in [0.05, 0.1) is 29.0 Å². The third kappa shape index (κ3) is 3.38. The normalized spacial score (nSPS) is 20.3. The maximum atomic E-state index is 13.9. The number of nitrogens with one attached hydrogen (secondary N) is 1. The van der Waals surface area contributed by atoms with Crippen LogP contribution in [0.15, 0.2) is 24.8 Å². The van der Waals surface area contributed by atoms with E-state index in [2.05, 4.69) is 22.9 Å². The topological polar surface area (TPSA) is 53.4 Å². The first-order valence-corrected chi connectivity index (χ1v) is 9.64. The molecule has 0 bridgehead atoms. The van der Waals surface area contributed by atoms with Crippen LogP contribution in [0.25, 0.3) is 11.0 Å². The molecule has 0 radical (unpaired) electrons. The van der Waals surface area contributed by atoms with E-state index in [1.807, 2.05) is 22.6 Å². The summed E-state index contributed by atoms with van der Waals surface area (Å²) in [6, 6.07) is 4.01. The van der Waals surface area contributed by atoms with Crippen LogP contribution in [0.3, 0.4) is 0 Å². The highest BCUT2D eigenvalue weighted by molar-refractivity contribution is 6.03. The second kappa shape index (κ2) is 7.21. The number of nitrogens with zero attached hydrogens (tertiary/aromatic N) is 4. The maximum Gasteiger partial charge on any atom is 0.247 e. The second-order valence-electron chi connectivity index (χ2n) is 7.40. The first kappa shape index (κ1) is 17.8. The number of aromatic nitrogens is 2. The number of hydrogen-bond acceptors (Lipinski definition) is 4. The number of piperidine rings is 1. The van der Waals surface area contributed by atoms with E-state index in [1.165, 1.54) is 6.08 Å². The van der Waals surface area contributed by atoms with E-state index in [1.54, 1.807) is 0 Å². The lowest BCUT2D eigenvalue weighted by Crippen LogP contribution is -2.37. The number of benzene rings is 1. The van der Waals surface area contributed by atoms with E-state index in [-0.39, 0.29) is 5.91 Å². The highest BCUT2D eigenvalue weighted by atomic mass is 19.1. The summed E-state index contributed by atoms with van der Waals surface area (Å²) in [6.45, 7) is 6.70. The lowest BCUT2D eigenvalue weighted by Gasteiger charge is -2.29. The van der Waals surface area contributed by atoms with Crippen LogP contribution in [0.1, 0.15) is 25.7 Å². The first-order chi connectivity index (χ1) is 13.1. The number of anilines is 3. The Balaban J connectivity index is 1.78. The van der Waals surface area contributed by atoms with E-state index in [0.29, 0.717) is 13.0 Å². The summed E-state index contributed by atoms with van der Waals surface area (Å²) >= 11 is 0. The quantitative estimate of drug-likeness (QED) is 0.839. The van der Waals surface area contributed by atoms with E-state index in [9.17, 15) is 9.18 Å². The molecule has 1 aromatic heterocycles. The summed E-state index contributed by atoms with van der Waals surface area (Å²) < 4.78 is 15.9. The molecule has 2 aliphatic heterocycles. The molecule has 1 N–H and O–H groups in total. The zero-order valence-corrected chi connectivity index (χ0v) is 15.7. The van der Waals surface area contributed by atoms with Crippen molar-refractivity contribution in [2.75, 3.05) is 41.3 Å². The van der Waals surface area contributed by atoms with Crippen LogP contribution in [0.5, 0.6) is 0 Å². The van der Waals surface area contributed by atoms with E-state index in [0.717, 1.165) is 67.3 Å². The molecule has 1 unspecified atom stereocenters. The number of carbonyl (C=O) groups is 1. The van der Waals surface area contributed by atoms with Crippen molar-refractivity contribution in [3.05, 3.63) is 24.8 Å². The molecule has 1 aromatic carbocycles. The molecule has 3 heterocycles. The van der Waals surface area contributed by atoms with Gasteiger partial charge in [0.15, 0.2) is 0 Å². The third-order valence-corrected chi connectivity index (χ3v) is 5.51. The molecule has 144 valence electrons. The van der Waals surface area contributed by atoms with Gasteiger partial charge < -0.3 is 19.7 Å². The van der Waals surface area contributed by atoms with Gasteiger partial charge in [-0.1, -0.05) is 6.58 Å². The number of alkyl halides is 1. The van der Waals surface area contributed by atoms with Crippen molar-refractivity contribution in [2.24, 2.45) is 7.05 Å². The molecule has 2 aromatic rings. The molecule has 2 fully saturated rings. The lowest BCUT2D eigenvalue weighted by molar-refractivity contribution is -0.111. The molecule has 0 spiro atoms. The Bertz CT molecular complexity index is 871. The van der Waals surface area contributed by atoms with E-state index < -0.39 is 6.17 Å². The molecular weight excluding hydrogens is 345 g/mol. The lowest BCUT2D eigenvalue weighted by atomic mass is 10.1. The number of rotatable bonds is 4. The van der Waals surface area contributed by atoms with Gasteiger partial charge >= 0.3 is 0 Å². The largest absolute Gasteiger partial charge is 0.370 e. The predicted octanol–water partition coefficient (Wildman–Crippen LogP) is 3.24. The smallest absolute Gasteiger partial charge is 0.247 e. The Morgan fingerprint density at radius 2 is 2.00 bits per heavy atom. The third-order valence-electron chi connectivity index (χ3n) is 5.51. The molecule has 6 nitrogen and oxygen atoms in total. The number of halogens is 1. The summed E-state index contributed by atoms with van der Waals surface area (Å²) in [5.74, 6) is 0.550. The number of carbonyl (C=O) groups excluding carboxylic acids is 1. The fourth-order valence-electron chi connectivity index (χ4n) is 4.11. The molecule has 7 heteroatoms. The number of aryl methyl sites for hydroxylation is 1. The van der Waals surface area contributed by atoms with Crippen LogP contribution in [0.4, 0.5) is 21.7 Å². The highest BCUT2D eigenvalue weighted by Crippen LogP contribution is 2.35. The zero-order chi connectivity index (χ0) is 19.0. The van der Waals surface area contributed by atoms with Gasteiger partial charge in [0.2, 0.25) is 11.9 Å². The number of fused-ring (bicyclic) bond motifs is 1. The minimum atomic E-state index is -0.804. The van der Waals surface area contributed by atoms with Gasteiger partial charge in [-0.05, 0) is 43.9 Å². The van der Waals surface area contributed by atoms with Gasteiger partial charge in [0, 0.05) is 26.7 Å². The Labute approximate surface area is 158 Å². The zero-order valence-electron chi connectivity index (χ0n) is 15.7. The summed E-state index contributed by atoms with van der Waals surface area (Å²) in [5, 5.41) is 2.92. The summed E-state index contributed by atoms with van der Waals surface area (Å²) in [5.41, 5.74) is 3.55. The van der Waals surface area contributed by atoms with Crippen LogP contribution in [-0.4, -0.2) is 47.8 Å². The van der Waals surface area contributed by atoms with Crippen molar-refractivity contribution in [1.29, 1.82) is 0 Å². The molecule has 4 rings (SSSR count). The minimum Gasteiger partial charge on any atom is -0.370 e. The van der Waals surface area contributed by atoms with Crippen LogP contribution in [-0.2, 0) is 11.8 Å². The number of imidazole rings is 1. The number of hydrogen-bond donors (Lipinski definition) is 1. The molecule has 0 aliphatic carbocycles. The fourth-order valence-corrected chi connectivity index (χ4v) is 4.11. The summed E-state index contributed by atoms with van der Waals surface area (Å²) in [4.78, 5) is 21.0. The Kier molecular flexibility index (Phi) is 4.76. The standard InChI is InChI=1S/C20H26FN5O/c1-3-19(27)22-16-11-15-17(12-18(16)25-8-4-5-9-25)24(2)20(23-15)26-10-6-7-14(21)13-26/h3,11-12,14H,1,4-10,13H2,2H3,(H,22,27). The van der Waals surface area contributed by atoms with Gasteiger partial charge in [-0.15, -0.1) is 0 Å². The van der Waals surface area contributed by atoms with Crippen molar-refractivity contribution in [1.82, 2.24) is 9.55 Å². The van der Waals surface area contributed by atoms with Crippen molar-refractivity contribution in [3.8, 4) is 0 Å². The van der Waals surface area contributed by atoms with Crippen LogP contribution in [0, 0.1) is 0 Å². The van der Waals surface area contributed by atoms with Gasteiger partial charge in [0.1, 0.15) is 6.17 Å². The van der Waals surface area contributed by atoms with Crippen LogP contribution >= 0.6 is 0 Å². The van der Waals surface area contributed by atoms with Crippen molar-refractivity contribution < 1.29 is 9.18 Å². The maximum absolute atomic E-state index is 13.9. The van der Waals surface area contributed by atoms with E-state index in [4.69, 9.17) is 4.98 Å². The summed E-state index contributed by atoms with van der Waals surface area (Å²) in [6.07, 6.45) is 4.23. The van der Waals surface area contributed by atoms with Crippen molar-refractivity contribution in [2.45, 2.75) is 31.9 Å². The van der Waals surface area contributed by atoms with E-state index >= 15 is 0 Å². The molecular formula is C20H26FN5O. The molecule has 2 saturated heterocycles. The SMILES string of the molecule is C=CC(=O)Nc1cc2nc(N3CCCC(F)C3)n(C)c2cc1N1CCCC1. The van der Waals surface area contributed by atoms with Gasteiger partial charge in [0.25, 0.3) is 0 Å².